The SMILES string of the molecule is O=C(O)N1C[C@@H](CO)[C@H](Nc2nnc(Cl)c3cccnc23)C1. The number of halogens is 1. The van der Waals surface area contributed by atoms with Gasteiger partial charge in [0.05, 0.1) is 6.04 Å². The van der Waals surface area contributed by atoms with Crippen LogP contribution in [0.25, 0.3) is 10.9 Å². The zero-order valence-corrected chi connectivity index (χ0v) is 12.2. The average Bonchev–Trinajstić information content (AvgIpc) is 2.94. The van der Waals surface area contributed by atoms with Crippen molar-refractivity contribution in [3.05, 3.63) is 23.5 Å². The number of fused-ring (bicyclic) bond motifs is 1. The Hall–Kier alpha value is -2.19. The van der Waals surface area contributed by atoms with Crippen LogP contribution in [0, 0.1) is 5.92 Å². The Morgan fingerprint density at radius 3 is 3.00 bits per heavy atom. The fourth-order valence-corrected chi connectivity index (χ4v) is 2.79. The van der Waals surface area contributed by atoms with Gasteiger partial charge < -0.3 is 20.4 Å². The van der Waals surface area contributed by atoms with E-state index in [0.717, 1.165) is 0 Å². The van der Waals surface area contributed by atoms with E-state index < -0.39 is 6.09 Å². The van der Waals surface area contributed by atoms with E-state index in [1.807, 2.05) is 0 Å². The summed E-state index contributed by atoms with van der Waals surface area (Å²) >= 11 is 6.00. The molecule has 1 aliphatic heterocycles. The van der Waals surface area contributed by atoms with Gasteiger partial charge in [-0.15, -0.1) is 10.2 Å². The molecule has 1 saturated heterocycles. The molecule has 116 valence electrons. The maximum atomic E-state index is 11.1. The highest BCUT2D eigenvalue weighted by atomic mass is 35.5. The number of nitrogens with one attached hydrogen (secondary N) is 1. The molecule has 0 bridgehead atoms. The van der Waals surface area contributed by atoms with E-state index in [-0.39, 0.29) is 36.8 Å². The third-order valence-corrected chi connectivity index (χ3v) is 4.04. The molecule has 1 amide bonds. The van der Waals surface area contributed by atoms with Gasteiger partial charge in [0, 0.05) is 37.2 Å². The van der Waals surface area contributed by atoms with E-state index in [1.165, 1.54) is 4.90 Å². The van der Waals surface area contributed by atoms with Gasteiger partial charge in [-0.2, -0.15) is 0 Å². The maximum Gasteiger partial charge on any atom is 0.407 e. The number of anilines is 1. The highest BCUT2D eigenvalue weighted by Crippen LogP contribution is 2.26. The second-order valence-corrected chi connectivity index (χ2v) is 5.48. The minimum atomic E-state index is -1.01. The summed E-state index contributed by atoms with van der Waals surface area (Å²) in [5.41, 5.74) is 0.563. The summed E-state index contributed by atoms with van der Waals surface area (Å²) in [4.78, 5) is 16.6. The third kappa shape index (κ3) is 2.62. The minimum Gasteiger partial charge on any atom is -0.465 e. The van der Waals surface area contributed by atoms with E-state index in [0.29, 0.717) is 16.7 Å². The van der Waals surface area contributed by atoms with Crippen molar-refractivity contribution in [3.8, 4) is 0 Å². The van der Waals surface area contributed by atoms with Crippen LogP contribution in [0.4, 0.5) is 10.6 Å². The molecule has 1 fully saturated rings. The van der Waals surface area contributed by atoms with Crippen molar-refractivity contribution in [2.45, 2.75) is 6.04 Å². The topological polar surface area (TPSA) is 111 Å². The molecule has 0 radical (unpaired) electrons. The van der Waals surface area contributed by atoms with Crippen molar-refractivity contribution in [1.29, 1.82) is 0 Å². The van der Waals surface area contributed by atoms with E-state index in [2.05, 4.69) is 20.5 Å². The molecule has 0 unspecified atom stereocenters. The number of nitrogens with zero attached hydrogens (tertiary/aromatic N) is 4. The molecular weight excluding hydrogens is 310 g/mol. The Balaban J connectivity index is 1.90. The number of aliphatic hydroxyl groups excluding tert-OH is 1. The summed E-state index contributed by atoms with van der Waals surface area (Å²) in [6, 6.07) is 3.27. The van der Waals surface area contributed by atoms with Crippen molar-refractivity contribution in [2.75, 3.05) is 25.0 Å². The maximum absolute atomic E-state index is 11.1. The number of aromatic nitrogens is 3. The number of carboxylic acid groups (broad SMARTS) is 1. The standard InChI is InChI=1S/C13H14ClN5O3/c14-11-8-2-1-3-15-10(8)12(18-17-11)16-9-5-19(13(21)22)4-7(9)6-20/h1-3,7,9,20H,4-6H2,(H,16,18)(H,21,22)/t7-,9+/m0/s1. The summed E-state index contributed by atoms with van der Waals surface area (Å²) in [6.45, 7) is 0.420. The number of hydrogen-bond donors (Lipinski definition) is 3. The lowest BCUT2D eigenvalue weighted by molar-refractivity contribution is 0.150. The number of pyridine rings is 1. The predicted octanol–water partition coefficient (Wildman–Crippen LogP) is 1.06. The third-order valence-electron chi connectivity index (χ3n) is 3.76. The van der Waals surface area contributed by atoms with Gasteiger partial charge in [0.2, 0.25) is 0 Å². The van der Waals surface area contributed by atoms with Crippen LogP contribution in [0.1, 0.15) is 0 Å². The first-order valence-electron chi connectivity index (χ1n) is 6.72. The lowest BCUT2D eigenvalue weighted by atomic mass is 10.1. The zero-order valence-electron chi connectivity index (χ0n) is 11.5. The number of amides is 1. The number of aliphatic hydroxyl groups is 1. The average molecular weight is 324 g/mol. The van der Waals surface area contributed by atoms with Crippen molar-refractivity contribution < 1.29 is 15.0 Å². The molecule has 0 aliphatic carbocycles. The fraction of sp³-hybridized carbons (Fsp3) is 0.385. The van der Waals surface area contributed by atoms with Crippen LogP contribution < -0.4 is 5.32 Å². The van der Waals surface area contributed by atoms with Crippen LogP contribution in [0.3, 0.4) is 0 Å². The van der Waals surface area contributed by atoms with Gasteiger partial charge in [-0.05, 0) is 12.1 Å². The number of carbonyl (C=O) groups is 1. The number of rotatable bonds is 3. The lowest BCUT2D eigenvalue weighted by Gasteiger charge is -2.18. The predicted molar refractivity (Wildman–Crippen MR) is 79.9 cm³/mol. The van der Waals surface area contributed by atoms with Crippen LogP contribution in [-0.2, 0) is 0 Å². The molecule has 1 aliphatic rings. The van der Waals surface area contributed by atoms with Gasteiger partial charge >= 0.3 is 6.09 Å². The Kier molecular flexibility index (Phi) is 3.95. The summed E-state index contributed by atoms with van der Waals surface area (Å²) in [5, 5.41) is 30.5. The van der Waals surface area contributed by atoms with E-state index in [4.69, 9.17) is 16.7 Å². The highest BCUT2D eigenvalue weighted by Gasteiger charge is 2.35. The van der Waals surface area contributed by atoms with Gasteiger partial charge in [-0.3, -0.25) is 4.98 Å². The van der Waals surface area contributed by atoms with Gasteiger partial charge in [0.1, 0.15) is 5.52 Å². The molecule has 0 aromatic carbocycles. The van der Waals surface area contributed by atoms with Crippen LogP contribution in [0.15, 0.2) is 18.3 Å². The molecule has 3 heterocycles. The van der Waals surface area contributed by atoms with Crippen LogP contribution in [0.2, 0.25) is 5.15 Å². The molecule has 22 heavy (non-hydrogen) atoms. The quantitative estimate of drug-likeness (QED) is 0.774. The van der Waals surface area contributed by atoms with E-state index in [9.17, 15) is 9.90 Å². The first-order valence-corrected chi connectivity index (χ1v) is 7.10. The summed E-state index contributed by atoms with van der Waals surface area (Å²) in [5.74, 6) is 0.211. The van der Waals surface area contributed by atoms with E-state index >= 15 is 0 Å². The number of hydrogen-bond acceptors (Lipinski definition) is 6. The Labute approximate surface area is 130 Å². The molecule has 3 rings (SSSR count). The Morgan fingerprint density at radius 1 is 1.45 bits per heavy atom. The second kappa shape index (κ2) is 5.90. The molecule has 3 N–H and O–H groups in total. The van der Waals surface area contributed by atoms with E-state index in [1.54, 1.807) is 18.3 Å². The van der Waals surface area contributed by atoms with Crippen molar-refractivity contribution in [1.82, 2.24) is 20.1 Å². The van der Waals surface area contributed by atoms with Crippen LogP contribution >= 0.6 is 11.6 Å². The monoisotopic (exact) mass is 323 g/mol. The first-order chi connectivity index (χ1) is 10.6. The fourth-order valence-electron chi connectivity index (χ4n) is 2.60. The molecule has 2 aromatic rings. The van der Waals surface area contributed by atoms with Crippen molar-refractivity contribution in [2.24, 2.45) is 5.92 Å². The Morgan fingerprint density at radius 2 is 2.27 bits per heavy atom. The molecule has 0 spiro atoms. The molecule has 9 heteroatoms. The van der Waals surface area contributed by atoms with Gasteiger partial charge in [-0.25, -0.2) is 4.79 Å². The molecular formula is C13H14ClN5O3. The lowest BCUT2D eigenvalue weighted by Crippen LogP contribution is -2.32. The van der Waals surface area contributed by atoms with Crippen molar-refractivity contribution in [3.63, 3.8) is 0 Å². The molecule has 8 nitrogen and oxygen atoms in total. The van der Waals surface area contributed by atoms with Crippen LogP contribution in [-0.4, -0.2) is 62.1 Å². The summed E-state index contributed by atoms with van der Waals surface area (Å²) in [7, 11) is 0. The largest absolute Gasteiger partial charge is 0.465 e. The summed E-state index contributed by atoms with van der Waals surface area (Å²) in [6.07, 6.45) is 0.612. The van der Waals surface area contributed by atoms with Gasteiger partial charge in [-0.1, -0.05) is 11.6 Å². The normalized spacial score (nSPS) is 21.3. The summed E-state index contributed by atoms with van der Waals surface area (Å²) < 4.78 is 0. The molecule has 2 atom stereocenters. The second-order valence-electron chi connectivity index (χ2n) is 5.12. The van der Waals surface area contributed by atoms with Gasteiger partial charge in [0.15, 0.2) is 11.0 Å². The van der Waals surface area contributed by atoms with Gasteiger partial charge in [0.25, 0.3) is 0 Å². The van der Waals surface area contributed by atoms with Crippen molar-refractivity contribution >= 4 is 34.4 Å². The Bertz CT molecular complexity index is 713. The zero-order chi connectivity index (χ0) is 15.7. The molecule has 0 saturated carbocycles. The minimum absolute atomic E-state index is 0.117. The number of likely N-dealkylation sites (tertiary alicyclic amines) is 1. The van der Waals surface area contributed by atoms with Crippen LogP contribution in [0.5, 0.6) is 0 Å². The first kappa shape index (κ1) is 14.7. The molecule has 2 aromatic heterocycles. The smallest absolute Gasteiger partial charge is 0.407 e. The highest BCUT2D eigenvalue weighted by molar-refractivity contribution is 6.34.